The van der Waals surface area contributed by atoms with Crippen LogP contribution in [0.5, 0.6) is 0 Å². The predicted octanol–water partition coefficient (Wildman–Crippen LogP) is 3.78. The Morgan fingerprint density at radius 3 is 2.40 bits per heavy atom. The van der Waals surface area contributed by atoms with E-state index in [2.05, 4.69) is 26.8 Å². The van der Waals surface area contributed by atoms with E-state index in [9.17, 15) is 4.79 Å². The molecular formula is C13H18OS. The van der Waals surface area contributed by atoms with Crippen molar-refractivity contribution in [2.45, 2.75) is 27.2 Å². The lowest BCUT2D eigenvalue weighted by Gasteiger charge is -2.19. The summed E-state index contributed by atoms with van der Waals surface area (Å²) in [5.74, 6) is 0. The first-order valence-electron chi connectivity index (χ1n) is 5.10. The Balaban J connectivity index is 3.02. The van der Waals surface area contributed by atoms with Crippen LogP contribution >= 0.6 is 11.8 Å². The van der Waals surface area contributed by atoms with E-state index in [4.69, 9.17) is 0 Å². The van der Waals surface area contributed by atoms with Gasteiger partial charge in [0.15, 0.2) is 0 Å². The minimum absolute atomic E-state index is 0.162. The average molecular weight is 222 g/mol. The zero-order chi connectivity index (χ0) is 11.5. The molecule has 0 fully saturated rings. The summed E-state index contributed by atoms with van der Waals surface area (Å²) in [6.07, 6.45) is 2.77. The Morgan fingerprint density at radius 2 is 1.87 bits per heavy atom. The van der Waals surface area contributed by atoms with Gasteiger partial charge < -0.3 is 0 Å². The molecule has 0 aromatic heterocycles. The van der Waals surface area contributed by atoms with Gasteiger partial charge in [-0.05, 0) is 23.7 Å². The van der Waals surface area contributed by atoms with Crippen molar-refractivity contribution in [3.8, 4) is 0 Å². The molecular weight excluding hydrogens is 204 g/mol. The van der Waals surface area contributed by atoms with Crippen molar-refractivity contribution >= 4 is 16.9 Å². The van der Waals surface area contributed by atoms with Crippen LogP contribution in [-0.2, 0) is 6.42 Å². The molecule has 1 aromatic carbocycles. The third-order valence-electron chi connectivity index (χ3n) is 2.14. The molecule has 1 nitrogen and oxygen atoms in total. The first-order valence-corrected chi connectivity index (χ1v) is 6.33. The van der Waals surface area contributed by atoms with Crippen LogP contribution in [0.2, 0.25) is 0 Å². The van der Waals surface area contributed by atoms with Gasteiger partial charge in [0.05, 0.1) is 0 Å². The molecule has 0 saturated carbocycles. The second kappa shape index (κ2) is 4.84. The number of carbonyl (C=O) groups is 1. The van der Waals surface area contributed by atoms with Crippen LogP contribution in [0.15, 0.2) is 24.3 Å². The summed E-state index contributed by atoms with van der Waals surface area (Å²) in [7, 11) is 0. The Kier molecular flexibility index (Phi) is 3.97. The van der Waals surface area contributed by atoms with Crippen molar-refractivity contribution < 1.29 is 4.79 Å². The van der Waals surface area contributed by atoms with Gasteiger partial charge >= 0.3 is 0 Å². The maximum atomic E-state index is 11.7. The summed E-state index contributed by atoms with van der Waals surface area (Å²) in [5, 5.41) is 0.162. The fraction of sp³-hybridized carbons (Fsp3) is 0.462. The second-order valence-corrected chi connectivity index (χ2v) is 5.67. The number of hydrogen-bond donors (Lipinski definition) is 0. The van der Waals surface area contributed by atoms with Crippen LogP contribution in [0.4, 0.5) is 0 Å². The second-order valence-electron chi connectivity index (χ2n) is 4.89. The summed E-state index contributed by atoms with van der Waals surface area (Å²) in [4.78, 5) is 11.7. The number of thioether (sulfide) groups is 1. The smallest absolute Gasteiger partial charge is 0.219 e. The predicted molar refractivity (Wildman–Crippen MR) is 67.4 cm³/mol. The third kappa shape index (κ3) is 3.71. The molecule has 0 aliphatic carbocycles. The van der Waals surface area contributed by atoms with E-state index in [-0.39, 0.29) is 10.5 Å². The third-order valence-corrected chi connectivity index (χ3v) is 2.73. The largest absolute Gasteiger partial charge is 0.282 e. The number of carbonyl (C=O) groups excluding carboxylic acids is 1. The van der Waals surface area contributed by atoms with E-state index >= 15 is 0 Å². The minimum atomic E-state index is 0.162. The van der Waals surface area contributed by atoms with Crippen molar-refractivity contribution in [1.29, 1.82) is 0 Å². The first kappa shape index (κ1) is 12.3. The molecule has 82 valence electrons. The van der Waals surface area contributed by atoms with Gasteiger partial charge in [-0.2, -0.15) is 0 Å². The van der Waals surface area contributed by atoms with Crippen LogP contribution in [0.1, 0.15) is 36.7 Å². The van der Waals surface area contributed by atoms with Crippen molar-refractivity contribution in [2.24, 2.45) is 5.41 Å². The summed E-state index contributed by atoms with van der Waals surface area (Å²) in [6, 6.07) is 7.89. The lowest BCUT2D eigenvalue weighted by Crippen LogP contribution is -2.12. The van der Waals surface area contributed by atoms with E-state index in [0.29, 0.717) is 0 Å². The zero-order valence-corrected chi connectivity index (χ0v) is 10.6. The van der Waals surface area contributed by atoms with Gasteiger partial charge in [-0.3, -0.25) is 4.79 Å². The van der Waals surface area contributed by atoms with Crippen molar-refractivity contribution in [1.82, 2.24) is 0 Å². The highest BCUT2D eigenvalue weighted by atomic mass is 32.2. The maximum absolute atomic E-state index is 11.7. The Labute approximate surface area is 96.3 Å². The maximum Gasteiger partial charge on any atom is 0.219 e. The summed E-state index contributed by atoms with van der Waals surface area (Å²) in [6.45, 7) is 6.56. The fourth-order valence-corrected chi connectivity index (χ4v) is 1.97. The number of rotatable bonds is 2. The molecule has 0 aliphatic rings. The Hall–Kier alpha value is -0.760. The van der Waals surface area contributed by atoms with Gasteiger partial charge in [0.2, 0.25) is 5.12 Å². The fourth-order valence-electron chi connectivity index (χ4n) is 1.55. The molecule has 0 aliphatic heterocycles. The molecule has 0 N–H and O–H groups in total. The van der Waals surface area contributed by atoms with Gasteiger partial charge in [0.25, 0.3) is 0 Å². The van der Waals surface area contributed by atoms with Gasteiger partial charge in [-0.1, -0.05) is 56.8 Å². The first-order chi connectivity index (χ1) is 6.94. The van der Waals surface area contributed by atoms with E-state index in [1.807, 2.05) is 24.5 Å². The molecule has 0 radical (unpaired) electrons. The Morgan fingerprint density at radius 1 is 1.27 bits per heavy atom. The molecule has 1 rings (SSSR count). The van der Waals surface area contributed by atoms with Crippen LogP contribution < -0.4 is 0 Å². The molecule has 0 unspecified atom stereocenters. The SMILES string of the molecule is CSC(=O)c1ccccc1CC(C)(C)C. The van der Waals surface area contributed by atoms with Crippen molar-refractivity contribution in [3.05, 3.63) is 35.4 Å². The summed E-state index contributed by atoms with van der Waals surface area (Å²) in [5.41, 5.74) is 2.23. The van der Waals surface area contributed by atoms with E-state index < -0.39 is 0 Å². The zero-order valence-electron chi connectivity index (χ0n) is 9.83. The summed E-state index contributed by atoms with van der Waals surface area (Å²) >= 11 is 1.28. The molecule has 0 heterocycles. The highest BCUT2D eigenvalue weighted by molar-refractivity contribution is 8.13. The van der Waals surface area contributed by atoms with Crippen LogP contribution in [0.3, 0.4) is 0 Å². The lowest BCUT2D eigenvalue weighted by molar-refractivity contribution is 0.108. The number of hydrogen-bond acceptors (Lipinski definition) is 2. The van der Waals surface area contributed by atoms with Crippen molar-refractivity contribution in [2.75, 3.05) is 6.26 Å². The topological polar surface area (TPSA) is 17.1 Å². The molecule has 0 saturated heterocycles. The molecule has 0 amide bonds. The molecule has 0 spiro atoms. The quantitative estimate of drug-likeness (QED) is 0.757. The highest BCUT2D eigenvalue weighted by Gasteiger charge is 2.16. The van der Waals surface area contributed by atoms with Crippen LogP contribution in [-0.4, -0.2) is 11.4 Å². The normalized spacial score (nSPS) is 11.5. The van der Waals surface area contributed by atoms with E-state index in [0.717, 1.165) is 17.5 Å². The van der Waals surface area contributed by atoms with Crippen molar-refractivity contribution in [3.63, 3.8) is 0 Å². The molecule has 1 aromatic rings. The highest BCUT2D eigenvalue weighted by Crippen LogP contribution is 2.24. The van der Waals surface area contributed by atoms with E-state index in [1.165, 1.54) is 11.8 Å². The monoisotopic (exact) mass is 222 g/mol. The van der Waals surface area contributed by atoms with Gasteiger partial charge in [-0.25, -0.2) is 0 Å². The lowest BCUT2D eigenvalue weighted by atomic mass is 9.86. The van der Waals surface area contributed by atoms with Gasteiger partial charge in [0.1, 0.15) is 0 Å². The molecule has 2 heteroatoms. The summed E-state index contributed by atoms with van der Waals surface area (Å²) < 4.78 is 0. The van der Waals surface area contributed by atoms with Crippen LogP contribution in [0, 0.1) is 5.41 Å². The molecule has 0 bridgehead atoms. The molecule has 0 atom stereocenters. The average Bonchev–Trinajstić information content (AvgIpc) is 2.15. The Bertz CT molecular complexity index is 350. The van der Waals surface area contributed by atoms with E-state index in [1.54, 1.807) is 0 Å². The van der Waals surface area contributed by atoms with Gasteiger partial charge in [-0.15, -0.1) is 0 Å². The van der Waals surface area contributed by atoms with Crippen LogP contribution in [0.25, 0.3) is 0 Å². The van der Waals surface area contributed by atoms with Gasteiger partial charge in [0, 0.05) is 5.56 Å². The number of benzene rings is 1. The molecule has 15 heavy (non-hydrogen) atoms. The standard InChI is InChI=1S/C13H18OS/c1-13(2,3)9-10-7-5-6-8-11(10)12(14)15-4/h5-8H,9H2,1-4H3. The minimum Gasteiger partial charge on any atom is -0.282 e.